The molecule has 1 unspecified atom stereocenters. The molecule has 0 amide bonds. The summed E-state index contributed by atoms with van der Waals surface area (Å²) in [6, 6.07) is 9.68. The van der Waals surface area contributed by atoms with Crippen LogP contribution in [0.2, 0.25) is 0 Å². The normalized spacial score (nSPS) is 12.2. The van der Waals surface area contributed by atoms with E-state index in [1.165, 1.54) is 0 Å². The summed E-state index contributed by atoms with van der Waals surface area (Å²) in [7, 11) is 0. The Bertz CT molecular complexity index is 514. The second-order valence-electron chi connectivity index (χ2n) is 4.12. The molecule has 1 aromatic heterocycles. The van der Waals surface area contributed by atoms with Gasteiger partial charge in [0.05, 0.1) is 0 Å². The van der Waals surface area contributed by atoms with Crippen molar-refractivity contribution in [2.45, 2.75) is 19.6 Å². The molecule has 0 aliphatic carbocycles. The van der Waals surface area contributed by atoms with Crippen LogP contribution in [0.15, 0.2) is 47.2 Å². The lowest BCUT2D eigenvalue weighted by Crippen LogP contribution is -2.08. The topological polar surface area (TPSA) is 48.1 Å². The first-order chi connectivity index (χ1) is 8.66. The van der Waals surface area contributed by atoms with E-state index in [0.717, 1.165) is 21.3 Å². The highest BCUT2D eigenvalue weighted by Crippen LogP contribution is 2.28. The first kappa shape index (κ1) is 13.1. The van der Waals surface area contributed by atoms with Crippen LogP contribution in [0.1, 0.15) is 24.1 Å². The van der Waals surface area contributed by atoms with Gasteiger partial charge in [0.15, 0.2) is 0 Å². The van der Waals surface area contributed by atoms with Gasteiger partial charge in [-0.25, -0.2) is 0 Å². The Hall–Kier alpha value is -1.39. The Balaban J connectivity index is 2.14. The van der Waals surface area contributed by atoms with Gasteiger partial charge in [-0.15, -0.1) is 0 Å². The van der Waals surface area contributed by atoms with Crippen LogP contribution >= 0.6 is 15.9 Å². The quantitative estimate of drug-likeness (QED) is 0.941. The molecular weight excluding hydrogens is 292 g/mol. The number of halogens is 1. The molecule has 0 spiro atoms. The fourth-order valence-corrected chi connectivity index (χ4v) is 2.03. The molecule has 94 valence electrons. The number of nitrogens with zero attached hydrogens (tertiary/aromatic N) is 1. The highest BCUT2D eigenvalue weighted by molar-refractivity contribution is 9.10. The van der Waals surface area contributed by atoms with Crippen molar-refractivity contribution in [2.24, 2.45) is 5.73 Å². The molecule has 4 heteroatoms. The van der Waals surface area contributed by atoms with E-state index in [4.69, 9.17) is 10.5 Å². The van der Waals surface area contributed by atoms with Crippen LogP contribution in [0.3, 0.4) is 0 Å². The molecule has 0 aliphatic rings. The van der Waals surface area contributed by atoms with Crippen molar-refractivity contribution < 1.29 is 4.74 Å². The maximum Gasteiger partial charge on any atom is 0.124 e. The minimum Gasteiger partial charge on any atom is -0.489 e. The first-order valence-electron chi connectivity index (χ1n) is 5.73. The van der Waals surface area contributed by atoms with Gasteiger partial charge in [-0.2, -0.15) is 0 Å². The number of pyridine rings is 1. The molecule has 18 heavy (non-hydrogen) atoms. The molecule has 0 fully saturated rings. The zero-order valence-corrected chi connectivity index (χ0v) is 11.7. The number of nitrogens with two attached hydrogens (primary N) is 1. The van der Waals surface area contributed by atoms with Gasteiger partial charge in [-0.05, 0) is 31.2 Å². The summed E-state index contributed by atoms with van der Waals surface area (Å²) in [5, 5.41) is 0. The zero-order valence-electron chi connectivity index (χ0n) is 10.1. The number of ether oxygens (including phenoxy) is 1. The molecule has 2 rings (SSSR count). The molecule has 0 bridgehead atoms. The average molecular weight is 307 g/mol. The van der Waals surface area contributed by atoms with Crippen molar-refractivity contribution >= 4 is 15.9 Å². The van der Waals surface area contributed by atoms with Gasteiger partial charge in [-0.1, -0.05) is 22.0 Å². The van der Waals surface area contributed by atoms with Gasteiger partial charge in [-0.3, -0.25) is 4.98 Å². The predicted octanol–water partition coefficient (Wildman–Crippen LogP) is 3.44. The van der Waals surface area contributed by atoms with Crippen LogP contribution < -0.4 is 10.5 Å². The van der Waals surface area contributed by atoms with Crippen LogP contribution in [0.5, 0.6) is 5.75 Å². The third-order valence-corrected chi connectivity index (χ3v) is 3.07. The van der Waals surface area contributed by atoms with Gasteiger partial charge in [0.1, 0.15) is 12.4 Å². The molecule has 0 saturated heterocycles. The Morgan fingerprint density at radius 3 is 2.89 bits per heavy atom. The fourth-order valence-electron chi connectivity index (χ4n) is 1.65. The van der Waals surface area contributed by atoms with Gasteiger partial charge >= 0.3 is 0 Å². The molecule has 1 atom stereocenters. The number of aromatic nitrogens is 1. The van der Waals surface area contributed by atoms with E-state index < -0.39 is 0 Å². The summed E-state index contributed by atoms with van der Waals surface area (Å²) in [6.45, 7) is 2.44. The Morgan fingerprint density at radius 1 is 1.39 bits per heavy atom. The Morgan fingerprint density at radius 2 is 2.22 bits per heavy atom. The smallest absolute Gasteiger partial charge is 0.124 e. The van der Waals surface area contributed by atoms with Gasteiger partial charge < -0.3 is 10.5 Å². The van der Waals surface area contributed by atoms with Crippen molar-refractivity contribution in [1.82, 2.24) is 4.98 Å². The van der Waals surface area contributed by atoms with Crippen molar-refractivity contribution in [3.05, 3.63) is 58.3 Å². The van der Waals surface area contributed by atoms with Crippen LogP contribution in [0, 0.1) is 0 Å². The van der Waals surface area contributed by atoms with E-state index in [-0.39, 0.29) is 6.04 Å². The van der Waals surface area contributed by atoms with Gasteiger partial charge in [0.2, 0.25) is 0 Å². The molecule has 0 saturated carbocycles. The lowest BCUT2D eigenvalue weighted by Gasteiger charge is -2.14. The number of hydrogen-bond donors (Lipinski definition) is 1. The Kier molecular flexibility index (Phi) is 4.33. The Labute approximate surface area is 115 Å². The second-order valence-corrected chi connectivity index (χ2v) is 5.04. The second kappa shape index (κ2) is 5.98. The van der Waals surface area contributed by atoms with Crippen LogP contribution in [0.25, 0.3) is 0 Å². The molecule has 2 N–H and O–H groups in total. The summed E-state index contributed by atoms with van der Waals surface area (Å²) in [5.74, 6) is 0.817. The molecule has 0 aliphatic heterocycles. The highest BCUT2D eigenvalue weighted by atomic mass is 79.9. The van der Waals surface area contributed by atoms with E-state index in [0.29, 0.717) is 6.61 Å². The molecule has 2 aromatic rings. The maximum absolute atomic E-state index is 5.94. The first-order valence-corrected chi connectivity index (χ1v) is 6.53. The molecule has 0 radical (unpaired) electrons. The van der Waals surface area contributed by atoms with Crippen molar-refractivity contribution in [3.8, 4) is 5.75 Å². The van der Waals surface area contributed by atoms with Gasteiger partial charge in [0.25, 0.3) is 0 Å². The molecule has 1 aromatic carbocycles. The SMILES string of the molecule is CC(N)c1cc(Br)ccc1OCc1cccnc1. The van der Waals surface area contributed by atoms with E-state index in [2.05, 4.69) is 20.9 Å². The minimum atomic E-state index is -0.0635. The van der Waals surface area contributed by atoms with Crippen LogP contribution in [-0.2, 0) is 6.61 Å². The van der Waals surface area contributed by atoms with Crippen molar-refractivity contribution in [1.29, 1.82) is 0 Å². The zero-order chi connectivity index (χ0) is 13.0. The standard InChI is InChI=1S/C14H15BrN2O/c1-10(16)13-7-12(15)4-5-14(13)18-9-11-3-2-6-17-8-11/h2-8,10H,9,16H2,1H3. The summed E-state index contributed by atoms with van der Waals surface area (Å²) < 4.78 is 6.80. The molecule has 3 nitrogen and oxygen atoms in total. The maximum atomic E-state index is 5.94. The predicted molar refractivity (Wildman–Crippen MR) is 75.3 cm³/mol. The van der Waals surface area contributed by atoms with Crippen molar-refractivity contribution in [2.75, 3.05) is 0 Å². The average Bonchev–Trinajstić information content (AvgIpc) is 2.38. The lowest BCUT2D eigenvalue weighted by molar-refractivity contribution is 0.301. The monoisotopic (exact) mass is 306 g/mol. The fraction of sp³-hybridized carbons (Fsp3) is 0.214. The lowest BCUT2D eigenvalue weighted by atomic mass is 10.1. The summed E-state index contributed by atoms with van der Waals surface area (Å²) in [4.78, 5) is 4.06. The van der Waals surface area contributed by atoms with Crippen molar-refractivity contribution in [3.63, 3.8) is 0 Å². The van der Waals surface area contributed by atoms with E-state index in [1.54, 1.807) is 12.4 Å². The number of benzene rings is 1. The summed E-state index contributed by atoms with van der Waals surface area (Å²) in [6.07, 6.45) is 3.54. The molecule has 1 heterocycles. The summed E-state index contributed by atoms with van der Waals surface area (Å²) >= 11 is 3.44. The number of hydrogen-bond acceptors (Lipinski definition) is 3. The highest BCUT2D eigenvalue weighted by Gasteiger charge is 2.09. The summed E-state index contributed by atoms with van der Waals surface area (Å²) in [5.41, 5.74) is 7.97. The van der Waals surface area contributed by atoms with E-state index in [1.807, 2.05) is 37.3 Å². The molecular formula is C14H15BrN2O. The largest absolute Gasteiger partial charge is 0.489 e. The van der Waals surface area contributed by atoms with Crippen LogP contribution in [0.4, 0.5) is 0 Å². The van der Waals surface area contributed by atoms with E-state index >= 15 is 0 Å². The van der Waals surface area contributed by atoms with Crippen LogP contribution in [-0.4, -0.2) is 4.98 Å². The van der Waals surface area contributed by atoms with Gasteiger partial charge in [0, 0.05) is 34.0 Å². The van der Waals surface area contributed by atoms with E-state index in [9.17, 15) is 0 Å². The third-order valence-electron chi connectivity index (χ3n) is 2.58. The third kappa shape index (κ3) is 3.31. The number of rotatable bonds is 4. The minimum absolute atomic E-state index is 0.0635.